The maximum atomic E-state index is 13.1. The van der Waals surface area contributed by atoms with E-state index in [1.54, 1.807) is 48.1 Å². The molecule has 1 N–H and O–H groups in total. The average Bonchev–Trinajstić information content (AvgIpc) is 3.31. The minimum absolute atomic E-state index is 0.168. The first kappa shape index (κ1) is 19.5. The molecule has 1 aromatic heterocycles. The minimum Gasteiger partial charge on any atom is -0.327 e. The molecule has 30 heavy (non-hydrogen) atoms. The normalized spacial score (nSPS) is 18.9. The highest BCUT2D eigenvalue weighted by molar-refractivity contribution is 5.95. The summed E-state index contributed by atoms with van der Waals surface area (Å²) in [6, 6.07) is 13.8. The van der Waals surface area contributed by atoms with Crippen LogP contribution in [0.4, 0.5) is 23.7 Å². The molecule has 9 heteroatoms. The Balaban J connectivity index is 1.67. The number of nitrogens with one attached hydrogen (secondary N) is 1. The summed E-state index contributed by atoms with van der Waals surface area (Å²) in [5.41, 5.74) is 1.24. The summed E-state index contributed by atoms with van der Waals surface area (Å²) in [7, 11) is 0. The molecule has 1 saturated heterocycles. The molecule has 4 rings (SSSR count). The number of hydrogen-bond donors (Lipinski definition) is 1. The maximum Gasteiger partial charge on any atom is 0.416 e. The number of benzene rings is 2. The van der Waals surface area contributed by atoms with E-state index in [1.807, 2.05) is 6.07 Å². The first-order valence-corrected chi connectivity index (χ1v) is 9.11. The van der Waals surface area contributed by atoms with Crippen molar-refractivity contribution in [2.45, 2.75) is 25.2 Å². The van der Waals surface area contributed by atoms with Crippen molar-refractivity contribution in [3.8, 4) is 11.8 Å². The fourth-order valence-electron chi connectivity index (χ4n) is 3.60. The van der Waals surface area contributed by atoms with Crippen molar-refractivity contribution < 1.29 is 18.0 Å². The number of hydrogen-bond acceptors (Lipinski definition) is 3. The molecule has 2 aromatic carbocycles. The molecule has 0 radical (unpaired) electrons. The predicted molar refractivity (Wildman–Crippen MR) is 103 cm³/mol. The van der Waals surface area contributed by atoms with Gasteiger partial charge < -0.3 is 5.32 Å². The van der Waals surface area contributed by atoms with Crippen molar-refractivity contribution in [2.75, 3.05) is 4.90 Å². The van der Waals surface area contributed by atoms with Gasteiger partial charge >= 0.3 is 12.2 Å². The molecule has 3 aromatic rings. The third-order valence-electron chi connectivity index (χ3n) is 5.07. The number of rotatable bonds is 3. The van der Waals surface area contributed by atoms with Crippen molar-refractivity contribution in [1.82, 2.24) is 15.1 Å². The first-order valence-electron chi connectivity index (χ1n) is 9.11. The van der Waals surface area contributed by atoms with E-state index in [4.69, 9.17) is 5.26 Å². The molecule has 6 nitrogen and oxygen atoms in total. The van der Waals surface area contributed by atoms with Crippen molar-refractivity contribution in [1.29, 1.82) is 5.26 Å². The van der Waals surface area contributed by atoms with Gasteiger partial charge in [0.1, 0.15) is 0 Å². The zero-order valence-electron chi connectivity index (χ0n) is 15.8. The zero-order chi connectivity index (χ0) is 21.5. The van der Waals surface area contributed by atoms with Crippen LogP contribution in [0.5, 0.6) is 0 Å². The molecule has 2 atom stereocenters. The van der Waals surface area contributed by atoms with Crippen molar-refractivity contribution in [3.05, 3.63) is 77.6 Å². The highest BCUT2D eigenvalue weighted by atomic mass is 19.4. The van der Waals surface area contributed by atoms with E-state index in [2.05, 4.69) is 10.4 Å². The van der Waals surface area contributed by atoms with E-state index in [-0.39, 0.29) is 5.69 Å². The fraction of sp³-hybridized carbons (Fsp3) is 0.190. The first-order chi connectivity index (χ1) is 14.3. The SMILES string of the molecule is CC1C(c2ccnn2-c2ccc(C#N)cc2)NC(=O)N1c1cccc(C(F)(F)F)c1. The standard InChI is InChI=1S/C21H16F3N5O/c1-13-19(18-9-10-26-29(18)16-7-5-14(12-25)6-8-16)27-20(30)28(13)17-4-2-3-15(11-17)21(22,23)24/h2-11,13,19H,1H3,(H,27,30). The Morgan fingerprint density at radius 1 is 1.10 bits per heavy atom. The number of alkyl halides is 3. The van der Waals surface area contributed by atoms with Crippen LogP contribution in [0, 0.1) is 11.3 Å². The molecular formula is C21H16F3N5O. The molecule has 2 unspecified atom stereocenters. The Morgan fingerprint density at radius 2 is 1.83 bits per heavy atom. The van der Waals surface area contributed by atoms with E-state index >= 15 is 0 Å². The number of aromatic nitrogens is 2. The average molecular weight is 411 g/mol. The largest absolute Gasteiger partial charge is 0.416 e. The van der Waals surface area contributed by atoms with Gasteiger partial charge in [0.2, 0.25) is 0 Å². The lowest BCUT2D eigenvalue weighted by Crippen LogP contribution is -2.32. The van der Waals surface area contributed by atoms with Gasteiger partial charge in [-0.2, -0.15) is 23.5 Å². The van der Waals surface area contributed by atoms with Crippen LogP contribution in [0.1, 0.15) is 29.8 Å². The van der Waals surface area contributed by atoms with E-state index in [0.29, 0.717) is 16.9 Å². The van der Waals surface area contributed by atoms with Crippen LogP contribution in [-0.2, 0) is 6.18 Å². The topological polar surface area (TPSA) is 74.0 Å². The second-order valence-electron chi connectivity index (χ2n) is 6.91. The van der Waals surface area contributed by atoms with Crippen LogP contribution >= 0.6 is 0 Å². The Hall–Kier alpha value is -3.80. The van der Waals surface area contributed by atoms with Crippen LogP contribution in [-0.4, -0.2) is 21.9 Å². The third-order valence-corrected chi connectivity index (χ3v) is 5.07. The molecule has 0 saturated carbocycles. The molecule has 0 aliphatic carbocycles. The predicted octanol–water partition coefficient (Wildman–Crippen LogP) is 4.42. The number of carbonyl (C=O) groups is 1. The summed E-state index contributed by atoms with van der Waals surface area (Å²) < 4.78 is 40.9. The molecule has 1 aliphatic heterocycles. The van der Waals surface area contributed by atoms with Gasteiger partial charge in [0.25, 0.3) is 0 Å². The van der Waals surface area contributed by atoms with Gasteiger partial charge in [-0.05, 0) is 55.5 Å². The van der Waals surface area contributed by atoms with Gasteiger partial charge in [-0.15, -0.1) is 0 Å². The van der Waals surface area contributed by atoms with Gasteiger partial charge in [0.05, 0.1) is 40.7 Å². The zero-order valence-corrected chi connectivity index (χ0v) is 15.8. The second kappa shape index (κ2) is 7.22. The lowest BCUT2D eigenvalue weighted by Gasteiger charge is -2.24. The highest BCUT2D eigenvalue weighted by Gasteiger charge is 2.40. The molecule has 0 bridgehead atoms. The number of urea groups is 1. The van der Waals surface area contributed by atoms with Crippen molar-refractivity contribution in [3.63, 3.8) is 0 Å². The number of nitriles is 1. The monoisotopic (exact) mass is 411 g/mol. The van der Waals surface area contributed by atoms with Crippen LogP contribution in [0.15, 0.2) is 60.8 Å². The minimum atomic E-state index is -4.50. The number of amides is 2. The summed E-state index contributed by atoms with van der Waals surface area (Å²) in [6.45, 7) is 1.76. The number of nitrogens with zero attached hydrogens (tertiary/aromatic N) is 4. The third kappa shape index (κ3) is 3.37. The lowest BCUT2D eigenvalue weighted by molar-refractivity contribution is -0.137. The van der Waals surface area contributed by atoms with Gasteiger partial charge in [-0.25, -0.2) is 9.48 Å². The summed E-state index contributed by atoms with van der Waals surface area (Å²) in [5.74, 6) is 0. The van der Waals surface area contributed by atoms with E-state index in [9.17, 15) is 18.0 Å². The summed E-state index contributed by atoms with van der Waals surface area (Å²) in [4.78, 5) is 14.0. The smallest absolute Gasteiger partial charge is 0.327 e. The van der Waals surface area contributed by atoms with Gasteiger partial charge in [0, 0.05) is 11.9 Å². The van der Waals surface area contributed by atoms with Gasteiger partial charge in [-0.1, -0.05) is 6.07 Å². The Bertz CT molecular complexity index is 1130. The molecule has 0 spiro atoms. The molecule has 2 amide bonds. The van der Waals surface area contributed by atoms with E-state index in [1.165, 1.54) is 17.0 Å². The molecule has 1 fully saturated rings. The summed E-state index contributed by atoms with van der Waals surface area (Å²) in [6.07, 6.45) is -2.91. The maximum absolute atomic E-state index is 13.1. The molecule has 152 valence electrons. The Labute approximate surface area is 170 Å². The van der Waals surface area contributed by atoms with Crippen LogP contribution in [0.3, 0.4) is 0 Å². The fourth-order valence-corrected chi connectivity index (χ4v) is 3.60. The number of halogens is 3. The highest BCUT2D eigenvalue weighted by Crippen LogP contribution is 2.36. The number of anilines is 1. The van der Waals surface area contributed by atoms with Crippen molar-refractivity contribution in [2.24, 2.45) is 0 Å². The molecule has 1 aliphatic rings. The van der Waals surface area contributed by atoms with E-state index in [0.717, 1.165) is 12.1 Å². The lowest BCUT2D eigenvalue weighted by atomic mass is 10.1. The number of carbonyl (C=O) groups excluding carboxylic acids is 1. The Morgan fingerprint density at radius 3 is 2.50 bits per heavy atom. The Kier molecular flexibility index (Phi) is 4.70. The van der Waals surface area contributed by atoms with Crippen LogP contribution in [0.2, 0.25) is 0 Å². The second-order valence-corrected chi connectivity index (χ2v) is 6.91. The summed E-state index contributed by atoms with van der Waals surface area (Å²) >= 11 is 0. The van der Waals surface area contributed by atoms with Crippen LogP contribution in [0.25, 0.3) is 5.69 Å². The van der Waals surface area contributed by atoms with Crippen LogP contribution < -0.4 is 10.2 Å². The molecular weight excluding hydrogens is 395 g/mol. The van der Waals surface area contributed by atoms with E-state index < -0.39 is 29.9 Å². The molecule has 2 heterocycles. The van der Waals surface area contributed by atoms with Crippen molar-refractivity contribution >= 4 is 11.7 Å². The van der Waals surface area contributed by atoms with Gasteiger partial charge in [0.15, 0.2) is 0 Å². The quantitative estimate of drug-likeness (QED) is 0.693. The summed E-state index contributed by atoms with van der Waals surface area (Å²) in [5, 5.41) is 16.1. The van der Waals surface area contributed by atoms with Gasteiger partial charge in [-0.3, -0.25) is 4.90 Å².